The molecule has 0 radical (unpaired) electrons. The van der Waals surface area contributed by atoms with Crippen LogP contribution in [-0.2, 0) is 9.59 Å². The van der Waals surface area contributed by atoms with Crippen LogP contribution in [0.4, 0.5) is 11.4 Å². The van der Waals surface area contributed by atoms with E-state index in [2.05, 4.69) is 10.6 Å². The number of amides is 2. The zero-order valence-corrected chi connectivity index (χ0v) is 14.9. The maximum absolute atomic E-state index is 12.4. The number of likely N-dealkylation sites (tertiary alicyclic amines) is 1. The summed E-state index contributed by atoms with van der Waals surface area (Å²) in [7, 11) is 0. The molecule has 7 nitrogen and oxygen atoms in total. The van der Waals surface area contributed by atoms with E-state index in [0.29, 0.717) is 17.8 Å². The maximum Gasteiger partial charge on any atom is 0.267 e. The highest BCUT2D eigenvalue weighted by Crippen LogP contribution is 2.21. The van der Waals surface area contributed by atoms with Crippen LogP contribution in [0.25, 0.3) is 0 Å². The first kappa shape index (κ1) is 19.5. The van der Waals surface area contributed by atoms with Gasteiger partial charge in [-0.05, 0) is 49.9 Å². The van der Waals surface area contributed by atoms with E-state index in [9.17, 15) is 20.0 Å². The Hall–Kier alpha value is -2.85. The highest BCUT2D eigenvalue weighted by Gasteiger charge is 2.21. The van der Waals surface area contributed by atoms with E-state index in [1.54, 1.807) is 30.5 Å². The van der Waals surface area contributed by atoms with E-state index < -0.39 is 5.91 Å². The summed E-state index contributed by atoms with van der Waals surface area (Å²) in [5.41, 5.74) is 1.20. The van der Waals surface area contributed by atoms with Crippen molar-refractivity contribution in [1.82, 2.24) is 4.90 Å². The minimum Gasteiger partial charge on any atom is -0.396 e. The van der Waals surface area contributed by atoms with Crippen molar-refractivity contribution < 1.29 is 14.7 Å². The summed E-state index contributed by atoms with van der Waals surface area (Å²) < 4.78 is 0. The Morgan fingerprint density at radius 2 is 1.92 bits per heavy atom. The number of rotatable bonds is 6. The van der Waals surface area contributed by atoms with Crippen LogP contribution >= 0.6 is 0 Å². The second-order valence-corrected chi connectivity index (χ2v) is 6.27. The third-order valence-corrected chi connectivity index (χ3v) is 4.26. The molecule has 1 aromatic carbocycles. The van der Waals surface area contributed by atoms with Gasteiger partial charge in [0.25, 0.3) is 5.91 Å². The molecule has 1 unspecified atom stereocenters. The van der Waals surface area contributed by atoms with Gasteiger partial charge in [-0.2, -0.15) is 5.26 Å². The van der Waals surface area contributed by atoms with E-state index in [0.717, 1.165) is 25.8 Å². The van der Waals surface area contributed by atoms with Crippen molar-refractivity contribution in [3.05, 3.63) is 36.0 Å². The van der Waals surface area contributed by atoms with Crippen LogP contribution in [0.1, 0.15) is 32.6 Å². The first-order chi connectivity index (χ1) is 12.5. The predicted molar refractivity (Wildman–Crippen MR) is 99.1 cm³/mol. The van der Waals surface area contributed by atoms with Crippen molar-refractivity contribution in [2.75, 3.05) is 23.8 Å². The van der Waals surface area contributed by atoms with Crippen molar-refractivity contribution in [3.8, 4) is 6.07 Å². The number of aliphatic hydroxyl groups is 1. The maximum atomic E-state index is 12.4. The summed E-state index contributed by atoms with van der Waals surface area (Å²) in [4.78, 5) is 25.4. The number of piperidine rings is 1. The number of carbonyl (C=O) groups excluding carboxylic acids is 2. The van der Waals surface area contributed by atoms with Crippen LogP contribution in [0.2, 0.25) is 0 Å². The number of nitriles is 1. The van der Waals surface area contributed by atoms with Gasteiger partial charge in [-0.3, -0.25) is 9.59 Å². The molecule has 26 heavy (non-hydrogen) atoms. The molecule has 1 aliphatic rings. The lowest BCUT2D eigenvalue weighted by atomic mass is 10.00. The molecule has 0 spiro atoms. The minimum absolute atomic E-state index is 0.0285. The Labute approximate surface area is 153 Å². The SMILES string of the molecule is CC(=O)Nc1ccc(NC(=O)/C(C#N)=C\N2CCCCC2CCO)cc1. The van der Waals surface area contributed by atoms with Crippen LogP contribution in [0.3, 0.4) is 0 Å². The monoisotopic (exact) mass is 356 g/mol. The number of aliphatic hydroxyl groups excluding tert-OH is 1. The van der Waals surface area contributed by atoms with Gasteiger partial charge >= 0.3 is 0 Å². The van der Waals surface area contributed by atoms with Crippen molar-refractivity contribution in [3.63, 3.8) is 0 Å². The summed E-state index contributed by atoms with van der Waals surface area (Å²) in [6.45, 7) is 2.28. The Bertz CT molecular complexity index is 704. The van der Waals surface area contributed by atoms with Gasteiger partial charge in [-0.15, -0.1) is 0 Å². The number of nitrogens with zero attached hydrogens (tertiary/aromatic N) is 2. The number of anilines is 2. The van der Waals surface area contributed by atoms with E-state index >= 15 is 0 Å². The van der Waals surface area contributed by atoms with Crippen LogP contribution in [0, 0.1) is 11.3 Å². The molecule has 1 saturated heterocycles. The fourth-order valence-corrected chi connectivity index (χ4v) is 2.99. The number of benzene rings is 1. The largest absolute Gasteiger partial charge is 0.396 e. The average Bonchev–Trinajstić information content (AvgIpc) is 2.62. The molecule has 1 atom stereocenters. The van der Waals surface area contributed by atoms with E-state index in [-0.39, 0.29) is 24.1 Å². The lowest BCUT2D eigenvalue weighted by Crippen LogP contribution is -2.37. The molecule has 138 valence electrons. The predicted octanol–water partition coefficient (Wildman–Crippen LogP) is 2.23. The smallest absolute Gasteiger partial charge is 0.267 e. The van der Waals surface area contributed by atoms with Gasteiger partial charge in [0.15, 0.2) is 0 Å². The second kappa shape index (κ2) is 9.59. The van der Waals surface area contributed by atoms with E-state index in [4.69, 9.17) is 0 Å². The zero-order chi connectivity index (χ0) is 18.9. The lowest BCUT2D eigenvalue weighted by molar-refractivity contribution is -0.114. The van der Waals surface area contributed by atoms with E-state index in [1.807, 2.05) is 11.0 Å². The molecular weight excluding hydrogens is 332 g/mol. The summed E-state index contributed by atoms with van der Waals surface area (Å²) in [6.07, 6.45) is 5.26. The molecule has 1 fully saturated rings. The fourth-order valence-electron chi connectivity index (χ4n) is 2.99. The Morgan fingerprint density at radius 1 is 1.27 bits per heavy atom. The summed E-state index contributed by atoms with van der Waals surface area (Å²) in [5.74, 6) is -0.649. The Kier molecular flexibility index (Phi) is 7.18. The molecule has 7 heteroatoms. The molecule has 0 saturated carbocycles. The topological polar surface area (TPSA) is 105 Å². The highest BCUT2D eigenvalue weighted by atomic mass is 16.3. The quantitative estimate of drug-likeness (QED) is 0.535. The number of nitrogens with one attached hydrogen (secondary N) is 2. The number of carbonyl (C=O) groups is 2. The van der Waals surface area contributed by atoms with Crippen molar-refractivity contribution in [2.24, 2.45) is 0 Å². The van der Waals surface area contributed by atoms with Crippen LogP contribution < -0.4 is 10.6 Å². The number of hydrogen-bond acceptors (Lipinski definition) is 5. The molecule has 0 bridgehead atoms. The molecule has 1 heterocycles. The van der Waals surface area contributed by atoms with Crippen LogP contribution in [0.15, 0.2) is 36.0 Å². The van der Waals surface area contributed by atoms with Crippen molar-refractivity contribution in [1.29, 1.82) is 5.26 Å². The van der Waals surface area contributed by atoms with Crippen molar-refractivity contribution in [2.45, 2.75) is 38.6 Å². The molecule has 1 aliphatic heterocycles. The standard InChI is InChI=1S/C19H24N4O3/c1-14(25)21-16-5-7-17(8-6-16)22-19(26)15(12-20)13-23-10-3-2-4-18(23)9-11-24/h5-8,13,18,24H,2-4,9-11H2,1H3,(H,21,25)(H,22,26)/b15-13-. The van der Waals surface area contributed by atoms with Gasteiger partial charge in [-0.1, -0.05) is 0 Å². The molecule has 3 N–H and O–H groups in total. The minimum atomic E-state index is -0.479. The summed E-state index contributed by atoms with van der Waals surface area (Å²) >= 11 is 0. The summed E-state index contributed by atoms with van der Waals surface area (Å²) in [5, 5.41) is 23.9. The lowest BCUT2D eigenvalue weighted by Gasteiger charge is -2.34. The highest BCUT2D eigenvalue weighted by molar-refractivity contribution is 6.06. The van der Waals surface area contributed by atoms with Gasteiger partial charge in [0, 0.05) is 43.7 Å². The molecule has 0 aliphatic carbocycles. The first-order valence-corrected chi connectivity index (χ1v) is 8.71. The van der Waals surface area contributed by atoms with Crippen LogP contribution in [0.5, 0.6) is 0 Å². The van der Waals surface area contributed by atoms with E-state index in [1.165, 1.54) is 6.92 Å². The average molecular weight is 356 g/mol. The van der Waals surface area contributed by atoms with Crippen LogP contribution in [-0.4, -0.2) is 41.0 Å². The van der Waals surface area contributed by atoms with Gasteiger partial charge in [0.1, 0.15) is 11.6 Å². The normalized spacial score (nSPS) is 17.3. The first-order valence-electron chi connectivity index (χ1n) is 8.71. The van der Waals surface area contributed by atoms with Crippen molar-refractivity contribution >= 4 is 23.2 Å². The molecule has 1 aromatic rings. The van der Waals surface area contributed by atoms with Gasteiger partial charge in [0.05, 0.1) is 0 Å². The molecular formula is C19H24N4O3. The molecule has 2 amide bonds. The van der Waals surface area contributed by atoms with Gasteiger partial charge in [0.2, 0.25) is 5.91 Å². The van der Waals surface area contributed by atoms with Gasteiger partial charge in [-0.25, -0.2) is 0 Å². The second-order valence-electron chi connectivity index (χ2n) is 6.27. The third kappa shape index (κ3) is 5.60. The molecule has 0 aromatic heterocycles. The zero-order valence-electron chi connectivity index (χ0n) is 14.9. The summed E-state index contributed by atoms with van der Waals surface area (Å²) in [6, 6.07) is 8.78. The fraction of sp³-hybridized carbons (Fsp3) is 0.421. The Balaban J connectivity index is 2.05. The molecule has 2 rings (SSSR count). The Morgan fingerprint density at radius 3 is 2.50 bits per heavy atom. The third-order valence-electron chi connectivity index (χ3n) is 4.26. The number of hydrogen-bond donors (Lipinski definition) is 3. The van der Waals surface area contributed by atoms with Gasteiger partial charge < -0.3 is 20.6 Å².